The Kier molecular flexibility index (Phi) is 11.1. The van der Waals surface area contributed by atoms with Gasteiger partial charge >= 0.3 is 6.03 Å². The summed E-state index contributed by atoms with van der Waals surface area (Å²) in [4.78, 5) is 15.3. The zero-order chi connectivity index (χ0) is 24.2. The number of nitrogens with two attached hydrogens (primary N) is 1. The topological polar surface area (TPSA) is 76.8 Å². The predicted molar refractivity (Wildman–Crippen MR) is 138 cm³/mol. The number of piperidine rings is 1. The van der Waals surface area contributed by atoms with Crippen molar-refractivity contribution in [3.8, 4) is 0 Å². The minimum absolute atomic E-state index is 0.0281. The van der Waals surface area contributed by atoms with Crippen molar-refractivity contribution in [2.45, 2.75) is 83.8 Å². The molecule has 3 atom stereocenters. The van der Waals surface area contributed by atoms with Crippen LogP contribution in [0.25, 0.3) is 0 Å². The quantitative estimate of drug-likeness (QED) is 0.405. The molecule has 1 aliphatic heterocycles. The van der Waals surface area contributed by atoms with Crippen LogP contribution in [0.5, 0.6) is 0 Å². The first-order valence-electron chi connectivity index (χ1n) is 13.6. The number of nitrogens with zero attached hydrogens (tertiary/aromatic N) is 1. The van der Waals surface area contributed by atoms with Crippen molar-refractivity contribution >= 4 is 6.03 Å². The van der Waals surface area contributed by atoms with E-state index in [9.17, 15) is 4.79 Å². The fourth-order valence-corrected chi connectivity index (χ4v) is 5.79. The lowest BCUT2D eigenvalue weighted by molar-refractivity contribution is -0.0671. The van der Waals surface area contributed by atoms with Crippen LogP contribution in [0.15, 0.2) is 30.3 Å². The van der Waals surface area contributed by atoms with E-state index in [0.29, 0.717) is 32.2 Å². The molecule has 0 radical (unpaired) electrons. The molecule has 1 heterocycles. The Morgan fingerprint density at radius 2 is 1.94 bits per heavy atom. The van der Waals surface area contributed by atoms with Crippen LogP contribution in [0, 0.1) is 11.3 Å². The van der Waals surface area contributed by atoms with Crippen molar-refractivity contribution in [1.82, 2.24) is 10.2 Å². The number of hydrogen-bond donors (Lipinski definition) is 2. The van der Waals surface area contributed by atoms with Gasteiger partial charge in [-0.05, 0) is 44.1 Å². The van der Waals surface area contributed by atoms with Gasteiger partial charge in [-0.1, -0.05) is 69.4 Å². The van der Waals surface area contributed by atoms with Gasteiger partial charge in [0.15, 0.2) is 0 Å². The van der Waals surface area contributed by atoms with Gasteiger partial charge in [0.25, 0.3) is 0 Å². The molecule has 0 spiro atoms. The second kappa shape index (κ2) is 14.1. The monoisotopic (exact) mass is 473 g/mol. The van der Waals surface area contributed by atoms with E-state index >= 15 is 0 Å². The van der Waals surface area contributed by atoms with E-state index in [0.717, 1.165) is 38.8 Å². The summed E-state index contributed by atoms with van der Waals surface area (Å²) in [6, 6.07) is 10.6. The van der Waals surface area contributed by atoms with Gasteiger partial charge in [0.1, 0.15) is 0 Å². The van der Waals surface area contributed by atoms with Gasteiger partial charge in [-0.3, -0.25) is 0 Å². The fraction of sp³-hybridized carbons (Fsp3) is 0.750. The standard InChI is InChI=1S/C28H47N3O3/c1-3-33-18-11-19-34-26(24-14-8-5-9-15-24)28(2)16-10-17-31(22-28)27(32)30-25(21-29)20-23-12-6-4-7-13-23/h5,8-9,14-15,23,25-26H,3-4,6-7,10-13,16-22,29H2,1-2H3,(H,30,32)/t25-,26-,28+/m0/s1. The average molecular weight is 474 g/mol. The summed E-state index contributed by atoms with van der Waals surface area (Å²) in [6.45, 7) is 8.36. The van der Waals surface area contributed by atoms with E-state index in [1.807, 2.05) is 17.9 Å². The highest BCUT2D eigenvalue weighted by Crippen LogP contribution is 2.43. The Morgan fingerprint density at radius 3 is 2.65 bits per heavy atom. The van der Waals surface area contributed by atoms with Crippen LogP contribution in [0.2, 0.25) is 0 Å². The smallest absolute Gasteiger partial charge is 0.317 e. The molecule has 1 aromatic rings. The number of rotatable bonds is 12. The lowest BCUT2D eigenvalue weighted by Gasteiger charge is -2.45. The molecular formula is C28H47N3O3. The van der Waals surface area contributed by atoms with Gasteiger partial charge in [0.05, 0.1) is 6.10 Å². The van der Waals surface area contributed by atoms with Crippen LogP contribution < -0.4 is 11.1 Å². The van der Waals surface area contributed by atoms with Gasteiger partial charge in [0.2, 0.25) is 0 Å². The van der Waals surface area contributed by atoms with Crippen molar-refractivity contribution in [2.75, 3.05) is 39.5 Å². The number of nitrogens with one attached hydrogen (secondary N) is 1. The summed E-state index contributed by atoms with van der Waals surface area (Å²) in [5.74, 6) is 0.696. The summed E-state index contributed by atoms with van der Waals surface area (Å²) in [7, 11) is 0. The maximum atomic E-state index is 13.3. The van der Waals surface area contributed by atoms with Crippen LogP contribution in [0.3, 0.4) is 0 Å². The Morgan fingerprint density at radius 1 is 1.18 bits per heavy atom. The summed E-state index contributed by atoms with van der Waals surface area (Å²) in [5, 5.41) is 3.27. The number of carbonyl (C=O) groups excluding carboxylic acids is 1. The fourth-order valence-electron chi connectivity index (χ4n) is 5.79. The Hall–Kier alpha value is -1.63. The molecule has 0 aromatic heterocycles. The lowest BCUT2D eigenvalue weighted by Crippen LogP contribution is -2.54. The first-order valence-corrected chi connectivity index (χ1v) is 13.6. The normalized spacial score (nSPS) is 23.4. The lowest BCUT2D eigenvalue weighted by atomic mass is 9.74. The number of amides is 2. The van der Waals surface area contributed by atoms with E-state index < -0.39 is 0 Å². The van der Waals surface area contributed by atoms with Gasteiger partial charge in [-0.15, -0.1) is 0 Å². The SMILES string of the molecule is CCOCCCO[C@@H](c1ccccc1)[C@]1(C)CCCN(C(=O)N[C@H](CN)CC2CCCCC2)C1. The van der Waals surface area contributed by atoms with E-state index in [-0.39, 0.29) is 23.6 Å². The summed E-state index contributed by atoms with van der Waals surface area (Å²) in [6.07, 6.45) is 10.3. The minimum atomic E-state index is -0.149. The summed E-state index contributed by atoms with van der Waals surface area (Å²) >= 11 is 0. The molecule has 0 bridgehead atoms. The molecule has 6 heteroatoms. The van der Waals surface area contributed by atoms with Crippen LogP contribution in [0.4, 0.5) is 4.79 Å². The number of likely N-dealkylation sites (tertiary alicyclic amines) is 1. The molecule has 2 aliphatic rings. The summed E-state index contributed by atoms with van der Waals surface area (Å²) < 4.78 is 12.0. The van der Waals surface area contributed by atoms with Crippen LogP contribution in [0.1, 0.15) is 83.3 Å². The van der Waals surface area contributed by atoms with Crippen molar-refractivity contribution in [2.24, 2.45) is 17.1 Å². The second-order valence-corrected chi connectivity index (χ2v) is 10.5. The Balaban J connectivity index is 1.62. The van der Waals surface area contributed by atoms with Gasteiger partial charge in [-0.2, -0.15) is 0 Å². The molecule has 6 nitrogen and oxygen atoms in total. The molecule has 34 heavy (non-hydrogen) atoms. The zero-order valence-electron chi connectivity index (χ0n) is 21.5. The molecule has 3 rings (SSSR count). The van der Waals surface area contributed by atoms with Crippen LogP contribution in [-0.4, -0.2) is 56.4 Å². The van der Waals surface area contributed by atoms with Crippen molar-refractivity contribution in [3.05, 3.63) is 35.9 Å². The van der Waals surface area contributed by atoms with Crippen LogP contribution in [-0.2, 0) is 9.47 Å². The molecule has 2 fully saturated rings. The molecule has 1 saturated carbocycles. The predicted octanol–water partition coefficient (Wildman–Crippen LogP) is 5.28. The molecule has 1 aliphatic carbocycles. The Labute approximate surface area is 206 Å². The molecule has 0 unspecified atom stereocenters. The first-order chi connectivity index (χ1) is 16.6. The number of urea groups is 1. The van der Waals surface area contributed by atoms with Crippen molar-refractivity contribution < 1.29 is 14.3 Å². The number of carbonyl (C=O) groups is 1. The second-order valence-electron chi connectivity index (χ2n) is 10.5. The highest BCUT2D eigenvalue weighted by molar-refractivity contribution is 5.74. The Bertz CT molecular complexity index is 710. The number of hydrogen-bond acceptors (Lipinski definition) is 4. The average Bonchev–Trinajstić information content (AvgIpc) is 2.86. The van der Waals surface area contributed by atoms with E-state index in [4.69, 9.17) is 15.2 Å². The number of benzene rings is 1. The zero-order valence-corrected chi connectivity index (χ0v) is 21.5. The molecular weight excluding hydrogens is 426 g/mol. The molecule has 3 N–H and O–H groups in total. The van der Waals surface area contributed by atoms with Gasteiger partial charge in [0, 0.05) is 50.9 Å². The van der Waals surface area contributed by atoms with Crippen LogP contribution >= 0.6 is 0 Å². The van der Waals surface area contributed by atoms with E-state index in [1.54, 1.807) is 0 Å². The third-order valence-corrected chi connectivity index (χ3v) is 7.63. The third-order valence-electron chi connectivity index (χ3n) is 7.63. The molecule has 1 aromatic carbocycles. The highest BCUT2D eigenvalue weighted by atomic mass is 16.5. The first kappa shape index (κ1) is 27.0. The van der Waals surface area contributed by atoms with Gasteiger partial charge < -0.3 is 25.4 Å². The molecule has 192 valence electrons. The minimum Gasteiger partial charge on any atom is -0.382 e. The van der Waals surface area contributed by atoms with Gasteiger partial charge in [-0.25, -0.2) is 4.79 Å². The maximum Gasteiger partial charge on any atom is 0.317 e. The van der Waals surface area contributed by atoms with Crippen molar-refractivity contribution in [1.29, 1.82) is 0 Å². The van der Waals surface area contributed by atoms with Crippen molar-refractivity contribution in [3.63, 3.8) is 0 Å². The summed E-state index contributed by atoms with van der Waals surface area (Å²) in [5.41, 5.74) is 7.10. The molecule has 2 amide bonds. The third kappa shape index (κ3) is 7.96. The van der Waals surface area contributed by atoms with E-state index in [1.165, 1.54) is 37.7 Å². The van der Waals surface area contributed by atoms with E-state index in [2.05, 4.69) is 36.5 Å². The molecule has 1 saturated heterocycles. The number of ether oxygens (including phenoxy) is 2. The largest absolute Gasteiger partial charge is 0.382 e. The highest BCUT2D eigenvalue weighted by Gasteiger charge is 2.41. The maximum absolute atomic E-state index is 13.3.